The molecule has 0 bridgehead atoms. The third kappa shape index (κ3) is 4.68. The molecule has 144 valence electrons. The second-order valence-electron chi connectivity index (χ2n) is 6.67. The van der Waals surface area contributed by atoms with Crippen LogP contribution in [0.15, 0.2) is 48.5 Å². The van der Waals surface area contributed by atoms with E-state index in [0.29, 0.717) is 23.6 Å². The summed E-state index contributed by atoms with van der Waals surface area (Å²) in [6.45, 7) is 5.89. The zero-order valence-electron chi connectivity index (χ0n) is 15.8. The summed E-state index contributed by atoms with van der Waals surface area (Å²) in [5.74, 6) is -0.944. The predicted octanol–water partition coefficient (Wildman–Crippen LogP) is 5.18. The topological polar surface area (TPSA) is 66.9 Å². The quantitative estimate of drug-likeness (QED) is 0.638. The molecule has 5 nitrogen and oxygen atoms in total. The van der Waals surface area contributed by atoms with E-state index in [0.717, 1.165) is 17.8 Å². The number of benzene rings is 2. The van der Waals surface area contributed by atoms with Crippen molar-refractivity contribution in [2.45, 2.75) is 26.7 Å². The van der Waals surface area contributed by atoms with Gasteiger partial charge >= 0.3 is 0 Å². The molecular weight excluding hydrogens is 362 g/mol. The van der Waals surface area contributed by atoms with Gasteiger partial charge in [0, 0.05) is 17.8 Å². The molecule has 1 heterocycles. The molecule has 28 heavy (non-hydrogen) atoms. The number of amides is 1. The number of nitrogens with zero attached hydrogens (tertiary/aromatic N) is 2. The Morgan fingerprint density at radius 2 is 1.71 bits per heavy atom. The van der Waals surface area contributed by atoms with Crippen molar-refractivity contribution in [2.75, 3.05) is 10.6 Å². The van der Waals surface area contributed by atoms with Gasteiger partial charge in [0.2, 0.25) is 0 Å². The van der Waals surface area contributed by atoms with Gasteiger partial charge in [0.1, 0.15) is 29.0 Å². The summed E-state index contributed by atoms with van der Waals surface area (Å²) in [7, 11) is 0. The van der Waals surface area contributed by atoms with Gasteiger partial charge in [0.15, 0.2) is 0 Å². The molecule has 0 aliphatic rings. The lowest BCUT2D eigenvalue weighted by molar-refractivity contribution is 0.102. The average molecular weight is 382 g/mol. The highest BCUT2D eigenvalue weighted by atomic mass is 19.1. The van der Waals surface area contributed by atoms with Gasteiger partial charge in [-0.05, 0) is 42.7 Å². The first-order valence-electron chi connectivity index (χ1n) is 8.81. The molecule has 2 aromatic carbocycles. The number of carbonyl (C=O) groups is 1. The zero-order chi connectivity index (χ0) is 20.3. The van der Waals surface area contributed by atoms with E-state index in [9.17, 15) is 13.6 Å². The van der Waals surface area contributed by atoms with Crippen molar-refractivity contribution in [3.63, 3.8) is 0 Å². The molecule has 1 aromatic heterocycles. The van der Waals surface area contributed by atoms with Crippen LogP contribution in [0.3, 0.4) is 0 Å². The van der Waals surface area contributed by atoms with Crippen LogP contribution in [0.5, 0.6) is 0 Å². The molecule has 2 N–H and O–H groups in total. The van der Waals surface area contributed by atoms with E-state index in [-0.39, 0.29) is 11.4 Å². The normalized spacial score (nSPS) is 10.8. The number of hydrogen-bond acceptors (Lipinski definition) is 4. The molecule has 0 atom stereocenters. The van der Waals surface area contributed by atoms with Crippen molar-refractivity contribution in [1.29, 1.82) is 0 Å². The van der Waals surface area contributed by atoms with Gasteiger partial charge in [-0.1, -0.05) is 26.0 Å². The monoisotopic (exact) mass is 382 g/mol. The van der Waals surface area contributed by atoms with Gasteiger partial charge in [-0.25, -0.2) is 18.7 Å². The van der Waals surface area contributed by atoms with Crippen LogP contribution in [0.25, 0.3) is 0 Å². The van der Waals surface area contributed by atoms with Gasteiger partial charge < -0.3 is 10.6 Å². The number of aromatic nitrogens is 2. The Bertz CT molecular complexity index is 1000. The fourth-order valence-corrected chi connectivity index (χ4v) is 2.62. The van der Waals surface area contributed by atoms with Crippen LogP contribution < -0.4 is 10.6 Å². The van der Waals surface area contributed by atoms with E-state index >= 15 is 0 Å². The number of nitrogens with one attached hydrogen (secondary N) is 2. The average Bonchev–Trinajstić information content (AvgIpc) is 2.64. The maximum absolute atomic E-state index is 13.8. The minimum atomic E-state index is -0.859. The minimum absolute atomic E-state index is 0.0672. The Hall–Kier alpha value is -3.35. The largest absolute Gasteiger partial charge is 0.340 e. The Morgan fingerprint density at radius 1 is 1.00 bits per heavy atom. The van der Waals surface area contributed by atoms with Crippen molar-refractivity contribution >= 4 is 23.1 Å². The Morgan fingerprint density at radius 3 is 2.36 bits per heavy atom. The maximum Gasteiger partial charge on any atom is 0.274 e. The summed E-state index contributed by atoms with van der Waals surface area (Å²) in [5.41, 5.74) is 1.98. The molecule has 1 amide bonds. The molecule has 0 saturated carbocycles. The SMILES string of the molecule is Cc1nc(Nc2ccc(C(C)C)cc2)cc(C(=O)Nc2ccc(F)cc2F)n1. The van der Waals surface area contributed by atoms with Crippen LogP contribution >= 0.6 is 0 Å². The number of hydrogen-bond donors (Lipinski definition) is 2. The van der Waals surface area contributed by atoms with Crippen molar-refractivity contribution in [3.8, 4) is 0 Å². The van der Waals surface area contributed by atoms with E-state index in [4.69, 9.17) is 0 Å². The van der Waals surface area contributed by atoms with Gasteiger partial charge in [0.05, 0.1) is 5.69 Å². The number of anilines is 3. The molecule has 3 rings (SSSR count). The highest BCUT2D eigenvalue weighted by molar-refractivity contribution is 6.03. The van der Waals surface area contributed by atoms with Crippen LogP contribution in [-0.2, 0) is 0 Å². The third-order valence-electron chi connectivity index (χ3n) is 4.10. The lowest BCUT2D eigenvalue weighted by atomic mass is 10.0. The summed E-state index contributed by atoms with van der Waals surface area (Å²) in [4.78, 5) is 20.8. The number of rotatable bonds is 5. The molecule has 0 saturated heterocycles. The van der Waals surface area contributed by atoms with Crippen LogP contribution in [0.1, 0.15) is 41.6 Å². The number of halogens is 2. The van der Waals surface area contributed by atoms with Crippen LogP contribution in [0.2, 0.25) is 0 Å². The summed E-state index contributed by atoms with van der Waals surface area (Å²) in [6.07, 6.45) is 0. The molecule has 3 aromatic rings. The second-order valence-corrected chi connectivity index (χ2v) is 6.67. The first-order chi connectivity index (χ1) is 13.3. The Balaban J connectivity index is 1.79. The third-order valence-corrected chi connectivity index (χ3v) is 4.10. The first kappa shape index (κ1) is 19.4. The maximum atomic E-state index is 13.8. The number of carbonyl (C=O) groups excluding carboxylic acids is 1. The molecule has 0 aliphatic carbocycles. The van der Waals surface area contributed by atoms with E-state index in [1.165, 1.54) is 11.6 Å². The molecule has 7 heteroatoms. The van der Waals surface area contributed by atoms with Crippen molar-refractivity contribution in [3.05, 3.63) is 77.2 Å². The van der Waals surface area contributed by atoms with E-state index < -0.39 is 17.5 Å². The minimum Gasteiger partial charge on any atom is -0.340 e. The molecule has 0 radical (unpaired) electrons. The fourth-order valence-electron chi connectivity index (χ4n) is 2.62. The smallest absolute Gasteiger partial charge is 0.274 e. The lowest BCUT2D eigenvalue weighted by Gasteiger charge is -2.11. The summed E-state index contributed by atoms with van der Waals surface area (Å²) >= 11 is 0. The zero-order valence-corrected chi connectivity index (χ0v) is 15.8. The van der Waals surface area contributed by atoms with E-state index in [1.54, 1.807) is 6.92 Å². The molecule has 0 aliphatic heterocycles. The van der Waals surface area contributed by atoms with Gasteiger partial charge in [-0.2, -0.15) is 0 Å². The van der Waals surface area contributed by atoms with Gasteiger partial charge in [0.25, 0.3) is 5.91 Å². The van der Waals surface area contributed by atoms with Crippen molar-refractivity contribution in [1.82, 2.24) is 9.97 Å². The fraction of sp³-hybridized carbons (Fsp3) is 0.190. The molecule has 0 fully saturated rings. The lowest BCUT2D eigenvalue weighted by Crippen LogP contribution is -2.16. The van der Waals surface area contributed by atoms with Crippen LogP contribution in [-0.4, -0.2) is 15.9 Å². The van der Waals surface area contributed by atoms with Crippen LogP contribution in [0.4, 0.5) is 26.0 Å². The van der Waals surface area contributed by atoms with Gasteiger partial charge in [-0.15, -0.1) is 0 Å². The van der Waals surface area contributed by atoms with Crippen molar-refractivity contribution < 1.29 is 13.6 Å². The highest BCUT2D eigenvalue weighted by Gasteiger charge is 2.14. The summed E-state index contributed by atoms with van der Waals surface area (Å²) < 4.78 is 26.8. The first-order valence-corrected chi connectivity index (χ1v) is 8.81. The number of aryl methyl sites for hydroxylation is 1. The van der Waals surface area contributed by atoms with E-state index in [2.05, 4.69) is 34.4 Å². The summed E-state index contributed by atoms with van der Waals surface area (Å²) in [6, 6.07) is 12.3. The Kier molecular flexibility index (Phi) is 5.63. The van der Waals surface area contributed by atoms with Crippen LogP contribution in [0, 0.1) is 18.6 Å². The Labute approximate surface area is 161 Å². The summed E-state index contributed by atoms with van der Waals surface area (Å²) in [5, 5.41) is 5.53. The highest BCUT2D eigenvalue weighted by Crippen LogP contribution is 2.21. The second kappa shape index (κ2) is 8.12. The van der Waals surface area contributed by atoms with Crippen molar-refractivity contribution in [2.24, 2.45) is 0 Å². The molecular formula is C21H20F2N4O. The standard InChI is InChI=1S/C21H20F2N4O/c1-12(2)14-4-7-16(8-5-14)26-20-11-19(24-13(3)25-20)21(28)27-18-9-6-15(22)10-17(18)23/h4-12H,1-3H3,(H,27,28)(H,24,25,26). The predicted molar refractivity (Wildman–Crippen MR) is 105 cm³/mol. The van der Waals surface area contributed by atoms with Gasteiger partial charge in [-0.3, -0.25) is 4.79 Å². The molecule has 0 spiro atoms. The molecule has 0 unspecified atom stereocenters. The van der Waals surface area contributed by atoms with E-state index in [1.807, 2.05) is 24.3 Å².